The highest BCUT2D eigenvalue weighted by atomic mass is 16.6. The molecule has 0 aromatic heterocycles. The van der Waals surface area contributed by atoms with Crippen molar-refractivity contribution in [3.05, 3.63) is 63.2 Å². The van der Waals surface area contributed by atoms with Crippen LogP contribution >= 0.6 is 0 Å². The van der Waals surface area contributed by atoms with E-state index in [1.165, 1.54) is 19.2 Å². The topological polar surface area (TPSA) is 117 Å². The number of amides is 1. The smallest absolute Gasteiger partial charge is 0.338 e. The summed E-state index contributed by atoms with van der Waals surface area (Å²) in [4.78, 5) is 33.9. The molecule has 2 rings (SSSR count). The van der Waals surface area contributed by atoms with Gasteiger partial charge in [0.25, 0.3) is 5.91 Å². The van der Waals surface area contributed by atoms with Gasteiger partial charge in [0, 0.05) is 6.07 Å². The second-order valence-corrected chi connectivity index (χ2v) is 6.19. The quantitative estimate of drug-likeness (QED) is 0.296. The molecular formula is C20H22N2O7. The third-order valence-corrected chi connectivity index (χ3v) is 3.95. The van der Waals surface area contributed by atoms with Gasteiger partial charge in [-0.25, -0.2) is 4.79 Å². The summed E-state index contributed by atoms with van der Waals surface area (Å²) in [5.41, 5.74) is 1.72. The SMILES string of the molecule is COC(=O)c1ccc(OCC(=O)NCCOc2ccc(C)cc2C)c([N+](=O)[O-])c1. The number of benzene rings is 2. The van der Waals surface area contributed by atoms with E-state index in [4.69, 9.17) is 9.47 Å². The van der Waals surface area contributed by atoms with Crippen LogP contribution in [-0.4, -0.2) is 43.7 Å². The third-order valence-electron chi connectivity index (χ3n) is 3.95. The van der Waals surface area contributed by atoms with Gasteiger partial charge in [-0.2, -0.15) is 0 Å². The Labute approximate surface area is 167 Å². The molecule has 154 valence electrons. The molecule has 0 atom stereocenters. The van der Waals surface area contributed by atoms with Gasteiger partial charge in [-0.1, -0.05) is 17.7 Å². The van der Waals surface area contributed by atoms with E-state index >= 15 is 0 Å². The molecule has 9 nitrogen and oxygen atoms in total. The molecule has 29 heavy (non-hydrogen) atoms. The molecule has 0 fully saturated rings. The van der Waals surface area contributed by atoms with Gasteiger partial charge in [-0.05, 0) is 37.6 Å². The average molecular weight is 402 g/mol. The highest BCUT2D eigenvalue weighted by Gasteiger charge is 2.20. The predicted molar refractivity (Wildman–Crippen MR) is 104 cm³/mol. The van der Waals surface area contributed by atoms with Crippen LogP contribution in [0.3, 0.4) is 0 Å². The second kappa shape index (κ2) is 10.1. The first-order chi connectivity index (χ1) is 13.8. The van der Waals surface area contributed by atoms with Crippen molar-refractivity contribution in [1.82, 2.24) is 5.32 Å². The van der Waals surface area contributed by atoms with Crippen molar-refractivity contribution in [2.75, 3.05) is 26.9 Å². The first-order valence-corrected chi connectivity index (χ1v) is 8.78. The number of carbonyl (C=O) groups excluding carboxylic acids is 2. The van der Waals surface area contributed by atoms with E-state index in [2.05, 4.69) is 10.1 Å². The van der Waals surface area contributed by atoms with Crippen LogP contribution in [0.15, 0.2) is 36.4 Å². The Kier molecular flexibility index (Phi) is 7.53. The van der Waals surface area contributed by atoms with Gasteiger partial charge in [-0.15, -0.1) is 0 Å². The van der Waals surface area contributed by atoms with E-state index in [0.717, 1.165) is 22.9 Å². The van der Waals surface area contributed by atoms with Gasteiger partial charge in [0.2, 0.25) is 0 Å². The Hall–Kier alpha value is -3.62. The minimum absolute atomic E-state index is 0.0135. The molecule has 1 amide bonds. The minimum Gasteiger partial charge on any atom is -0.491 e. The molecule has 1 N–H and O–H groups in total. The Bertz CT molecular complexity index is 912. The lowest BCUT2D eigenvalue weighted by molar-refractivity contribution is -0.385. The molecule has 0 aliphatic rings. The molecule has 0 bridgehead atoms. The molecule has 0 saturated heterocycles. The van der Waals surface area contributed by atoms with Crippen molar-refractivity contribution in [2.24, 2.45) is 0 Å². The number of rotatable bonds is 9. The Morgan fingerprint density at radius 2 is 1.79 bits per heavy atom. The molecule has 0 spiro atoms. The van der Waals surface area contributed by atoms with E-state index in [-0.39, 0.29) is 24.5 Å². The first-order valence-electron chi connectivity index (χ1n) is 8.78. The largest absolute Gasteiger partial charge is 0.491 e. The number of ether oxygens (including phenoxy) is 3. The number of hydrogen-bond donors (Lipinski definition) is 1. The van der Waals surface area contributed by atoms with Crippen molar-refractivity contribution in [1.29, 1.82) is 0 Å². The lowest BCUT2D eigenvalue weighted by Crippen LogP contribution is -2.32. The summed E-state index contributed by atoms with van der Waals surface area (Å²) in [7, 11) is 1.17. The lowest BCUT2D eigenvalue weighted by atomic mass is 10.1. The molecular weight excluding hydrogens is 380 g/mol. The maximum atomic E-state index is 11.9. The van der Waals surface area contributed by atoms with E-state index in [1.807, 2.05) is 32.0 Å². The monoisotopic (exact) mass is 402 g/mol. The van der Waals surface area contributed by atoms with E-state index in [0.29, 0.717) is 0 Å². The summed E-state index contributed by atoms with van der Waals surface area (Å²) >= 11 is 0. The lowest BCUT2D eigenvalue weighted by Gasteiger charge is -2.11. The average Bonchev–Trinajstić information content (AvgIpc) is 2.70. The van der Waals surface area contributed by atoms with Crippen molar-refractivity contribution < 1.29 is 28.7 Å². The van der Waals surface area contributed by atoms with Crippen molar-refractivity contribution in [3.63, 3.8) is 0 Å². The maximum Gasteiger partial charge on any atom is 0.338 e. The number of methoxy groups -OCH3 is 1. The van der Waals surface area contributed by atoms with Gasteiger partial charge in [0.1, 0.15) is 12.4 Å². The van der Waals surface area contributed by atoms with Crippen LogP contribution in [0.1, 0.15) is 21.5 Å². The Balaban J connectivity index is 1.84. The number of nitrogens with zero attached hydrogens (tertiary/aromatic N) is 1. The van der Waals surface area contributed by atoms with E-state index in [9.17, 15) is 19.7 Å². The van der Waals surface area contributed by atoms with Crippen LogP contribution < -0.4 is 14.8 Å². The summed E-state index contributed by atoms with van der Waals surface area (Å²) in [5, 5.41) is 13.8. The number of hydrogen-bond acceptors (Lipinski definition) is 7. The molecule has 2 aromatic rings. The van der Waals surface area contributed by atoms with Gasteiger partial charge >= 0.3 is 11.7 Å². The zero-order chi connectivity index (χ0) is 21.4. The van der Waals surface area contributed by atoms with E-state index in [1.54, 1.807) is 0 Å². The van der Waals surface area contributed by atoms with Crippen LogP contribution in [-0.2, 0) is 9.53 Å². The highest BCUT2D eigenvalue weighted by Crippen LogP contribution is 2.28. The summed E-state index contributed by atoms with van der Waals surface area (Å²) in [6.45, 7) is 4.03. The molecule has 9 heteroatoms. The Morgan fingerprint density at radius 1 is 1.07 bits per heavy atom. The Morgan fingerprint density at radius 3 is 2.45 bits per heavy atom. The fourth-order valence-electron chi connectivity index (χ4n) is 2.53. The molecule has 0 heterocycles. The summed E-state index contributed by atoms with van der Waals surface area (Å²) in [6, 6.07) is 9.42. The molecule has 0 saturated carbocycles. The molecule has 2 aromatic carbocycles. The van der Waals surface area contributed by atoms with Crippen molar-refractivity contribution in [2.45, 2.75) is 13.8 Å². The van der Waals surface area contributed by atoms with Gasteiger partial charge < -0.3 is 19.5 Å². The molecule has 0 unspecified atom stereocenters. The number of esters is 1. The molecule has 0 radical (unpaired) electrons. The van der Waals surface area contributed by atoms with Crippen LogP contribution in [0.5, 0.6) is 11.5 Å². The zero-order valence-electron chi connectivity index (χ0n) is 16.4. The maximum absolute atomic E-state index is 11.9. The summed E-state index contributed by atoms with van der Waals surface area (Å²) in [5.74, 6) is -0.548. The summed E-state index contributed by atoms with van der Waals surface area (Å²) in [6.07, 6.45) is 0. The van der Waals surface area contributed by atoms with Crippen LogP contribution in [0.4, 0.5) is 5.69 Å². The normalized spacial score (nSPS) is 10.2. The van der Waals surface area contributed by atoms with Gasteiger partial charge in [0.15, 0.2) is 12.4 Å². The zero-order valence-corrected chi connectivity index (χ0v) is 16.4. The predicted octanol–water partition coefficient (Wildman–Crippen LogP) is 2.57. The van der Waals surface area contributed by atoms with E-state index < -0.39 is 29.1 Å². The number of carbonyl (C=O) groups is 2. The second-order valence-electron chi connectivity index (χ2n) is 6.19. The van der Waals surface area contributed by atoms with Crippen LogP contribution in [0.25, 0.3) is 0 Å². The van der Waals surface area contributed by atoms with Crippen molar-refractivity contribution in [3.8, 4) is 11.5 Å². The van der Waals surface area contributed by atoms with Crippen LogP contribution in [0, 0.1) is 24.0 Å². The van der Waals surface area contributed by atoms with Gasteiger partial charge in [-0.3, -0.25) is 14.9 Å². The number of nitro groups is 1. The number of aryl methyl sites for hydroxylation is 2. The first kappa shape index (κ1) is 21.7. The van der Waals surface area contributed by atoms with Gasteiger partial charge in [0.05, 0.1) is 24.1 Å². The standard InChI is InChI=1S/C20H22N2O7/c1-13-4-6-17(14(2)10-13)28-9-8-21-19(23)12-29-18-7-5-15(20(24)27-3)11-16(18)22(25)26/h4-7,10-11H,8-9,12H2,1-3H3,(H,21,23). The fraction of sp³-hybridized carbons (Fsp3) is 0.300. The summed E-state index contributed by atoms with van der Waals surface area (Å²) < 4.78 is 15.4. The highest BCUT2D eigenvalue weighted by molar-refractivity contribution is 5.90. The molecule has 0 aliphatic carbocycles. The minimum atomic E-state index is -0.707. The number of nitrogens with one attached hydrogen (secondary N) is 1. The third kappa shape index (κ3) is 6.20. The van der Waals surface area contributed by atoms with Crippen molar-refractivity contribution >= 4 is 17.6 Å². The fourth-order valence-corrected chi connectivity index (χ4v) is 2.53. The number of nitro benzene ring substituents is 1. The van der Waals surface area contributed by atoms with Crippen LogP contribution in [0.2, 0.25) is 0 Å². The molecule has 0 aliphatic heterocycles.